The first kappa shape index (κ1) is 11.7. The first-order chi connectivity index (χ1) is 8.18. The SMILES string of the molecule is Cc1cccnc1NC(=O)c1ncccc1Br. The Morgan fingerprint density at radius 3 is 2.65 bits per heavy atom. The summed E-state index contributed by atoms with van der Waals surface area (Å²) in [7, 11) is 0. The van der Waals surface area contributed by atoms with E-state index in [2.05, 4.69) is 31.2 Å². The van der Waals surface area contributed by atoms with E-state index in [-0.39, 0.29) is 5.91 Å². The predicted molar refractivity (Wildman–Crippen MR) is 68.9 cm³/mol. The lowest BCUT2D eigenvalue weighted by molar-refractivity contribution is 0.102. The van der Waals surface area contributed by atoms with Crippen molar-refractivity contribution in [2.45, 2.75) is 6.92 Å². The molecule has 5 heteroatoms. The van der Waals surface area contributed by atoms with Gasteiger partial charge in [0.25, 0.3) is 5.91 Å². The minimum atomic E-state index is -0.278. The zero-order chi connectivity index (χ0) is 12.3. The zero-order valence-corrected chi connectivity index (χ0v) is 10.7. The van der Waals surface area contributed by atoms with Crippen LogP contribution in [-0.2, 0) is 0 Å². The molecule has 0 aliphatic heterocycles. The number of hydrogen-bond acceptors (Lipinski definition) is 3. The van der Waals surface area contributed by atoms with E-state index in [9.17, 15) is 4.79 Å². The summed E-state index contributed by atoms with van der Waals surface area (Å²) in [5, 5.41) is 2.72. The summed E-state index contributed by atoms with van der Waals surface area (Å²) in [6, 6.07) is 7.23. The largest absolute Gasteiger partial charge is 0.305 e. The van der Waals surface area contributed by atoms with Gasteiger partial charge in [0.1, 0.15) is 11.5 Å². The molecule has 0 saturated heterocycles. The number of amides is 1. The highest BCUT2D eigenvalue weighted by Gasteiger charge is 2.12. The van der Waals surface area contributed by atoms with Crippen molar-refractivity contribution in [3.8, 4) is 0 Å². The molecule has 1 N–H and O–H groups in total. The first-order valence-electron chi connectivity index (χ1n) is 5.02. The minimum Gasteiger partial charge on any atom is -0.305 e. The van der Waals surface area contributed by atoms with E-state index < -0.39 is 0 Å². The van der Waals surface area contributed by atoms with E-state index in [1.54, 1.807) is 24.5 Å². The monoisotopic (exact) mass is 291 g/mol. The maximum Gasteiger partial charge on any atom is 0.276 e. The van der Waals surface area contributed by atoms with Crippen LogP contribution >= 0.6 is 15.9 Å². The van der Waals surface area contributed by atoms with E-state index in [0.717, 1.165) is 5.56 Å². The summed E-state index contributed by atoms with van der Waals surface area (Å²) in [5.41, 5.74) is 1.26. The molecule has 2 rings (SSSR count). The second-order valence-electron chi connectivity index (χ2n) is 3.46. The average Bonchev–Trinajstić information content (AvgIpc) is 2.32. The van der Waals surface area contributed by atoms with Crippen molar-refractivity contribution >= 4 is 27.7 Å². The van der Waals surface area contributed by atoms with Crippen LogP contribution in [0, 0.1) is 6.92 Å². The third-order valence-electron chi connectivity index (χ3n) is 2.21. The van der Waals surface area contributed by atoms with Gasteiger partial charge in [-0.25, -0.2) is 9.97 Å². The van der Waals surface area contributed by atoms with Crippen LogP contribution in [0.1, 0.15) is 16.1 Å². The molecule has 2 aromatic heterocycles. The fourth-order valence-corrected chi connectivity index (χ4v) is 1.77. The van der Waals surface area contributed by atoms with Crippen LogP contribution in [0.15, 0.2) is 41.1 Å². The number of carbonyl (C=O) groups excluding carboxylic acids is 1. The lowest BCUT2D eigenvalue weighted by Crippen LogP contribution is -2.15. The molecule has 0 spiro atoms. The van der Waals surface area contributed by atoms with Crippen LogP contribution in [0.5, 0.6) is 0 Å². The Balaban J connectivity index is 2.24. The average molecular weight is 292 g/mol. The number of aryl methyl sites for hydroxylation is 1. The first-order valence-corrected chi connectivity index (χ1v) is 5.81. The lowest BCUT2D eigenvalue weighted by atomic mass is 10.3. The van der Waals surface area contributed by atoms with E-state index >= 15 is 0 Å². The maximum atomic E-state index is 11.9. The smallest absolute Gasteiger partial charge is 0.276 e. The van der Waals surface area contributed by atoms with Crippen molar-refractivity contribution in [3.63, 3.8) is 0 Å². The van der Waals surface area contributed by atoms with Gasteiger partial charge >= 0.3 is 0 Å². The van der Waals surface area contributed by atoms with E-state index in [0.29, 0.717) is 16.0 Å². The van der Waals surface area contributed by atoms with Crippen molar-refractivity contribution in [1.82, 2.24) is 9.97 Å². The highest BCUT2D eigenvalue weighted by atomic mass is 79.9. The Labute approximate surface area is 107 Å². The summed E-state index contributed by atoms with van der Waals surface area (Å²) in [6.07, 6.45) is 3.21. The normalized spacial score (nSPS) is 10.0. The molecule has 17 heavy (non-hydrogen) atoms. The molecule has 2 aromatic rings. The number of pyridine rings is 2. The molecular formula is C12H10BrN3O. The maximum absolute atomic E-state index is 11.9. The molecule has 86 valence electrons. The van der Waals surface area contributed by atoms with Crippen LogP contribution in [-0.4, -0.2) is 15.9 Å². The van der Waals surface area contributed by atoms with E-state index in [1.165, 1.54) is 0 Å². The molecule has 0 aromatic carbocycles. The third-order valence-corrected chi connectivity index (χ3v) is 2.85. The zero-order valence-electron chi connectivity index (χ0n) is 9.14. The molecule has 4 nitrogen and oxygen atoms in total. The second kappa shape index (κ2) is 5.05. The van der Waals surface area contributed by atoms with Gasteiger partial charge in [-0.2, -0.15) is 0 Å². The van der Waals surface area contributed by atoms with Gasteiger partial charge in [0.05, 0.1) is 0 Å². The molecule has 2 heterocycles. The van der Waals surface area contributed by atoms with Gasteiger partial charge in [-0.3, -0.25) is 4.79 Å². The van der Waals surface area contributed by atoms with Gasteiger partial charge in [0, 0.05) is 16.9 Å². The van der Waals surface area contributed by atoms with Gasteiger partial charge in [0.2, 0.25) is 0 Å². The van der Waals surface area contributed by atoms with Crippen molar-refractivity contribution in [1.29, 1.82) is 0 Å². The predicted octanol–water partition coefficient (Wildman–Crippen LogP) is 2.80. The lowest BCUT2D eigenvalue weighted by Gasteiger charge is -2.07. The van der Waals surface area contributed by atoms with Crippen molar-refractivity contribution in [3.05, 3.63) is 52.4 Å². The van der Waals surface area contributed by atoms with Crippen LogP contribution in [0.25, 0.3) is 0 Å². The number of nitrogens with one attached hydrogen (secondary N) is 1. The number of anilines is 1. The molecule has 0 bridgehead atoms. The topological polar surface area (TPSA) is 54.9 Å². The molecule has 0 saturated carbocycles. The molecule has 0 radical (unpaired) electrons. The molecular weight excluding hydrogens is 282 g/mol. The molecule has 0 unspecified atom stereocenters. The number of hydrogen-bond donors (Lipinski definition) is 1. The molecule has 0 fully saturated rings. The van der Waals surface area contributed by atoms with Gasteiger partial charge in [-0.05, 0) is 46.6 Å². The summed E-state index contributed by atoms with van der Waals surface area (Å²) in [6.45, 7) is 1.88. The summed E-state index contributed by atoms with van der Waals surface area (Å²) in [5.74, 6) is 0.273. The van der Waals surface area contributed by atoms with Gasteiger partial charge in [0.15, 0.2) is 0 Å². The fourth-order valence-electron chi connectivity index (χ4n) is 1.34. The summed E-state index contributed by atoms with van der Waals surface area (Å²) < 4.78 is 0.658. The molecule has 0 atom stereocenters. The second-order valence-corrected chi connectivity index (χ2v) is 4.31. The number of aromatic nitrogens is 2. The van der Waals surface area contributed by atoms with Crippen LogP contribution < -0.4 is 5.32 Å². The summed E-state index contributed by atoms with van der Waals surface area (Å²) in [4.78, 5) is 20.1. The third kappa shape index (κ3) is 2.68. The minimum absolute atomic E-state index is 0.278. The van der Waals surface area contributed by atoms with Crippen LogP contribution in [0.2, 0.25) is 0 Å². The highest BCUT2D eigenvalue weighted by Crippen LogP contribution is 2.16. The highest BCUT2D eigenvalue weighted by molar-refractivity contribution is 9.10. The van der Waals surface area contributed by atoms with Gasteiger partial charge in [-0.1, -0.05) is 6.07 Å². The number of nitrogens with zero attached hydrogens (tertiary/aromatic N) is 2. The van der Waals surface area contributed by atoms with Gasteiger partial charge in [-0.15, -0.1) is 0 Å². The molecule has 0 aliphatic rings. The fraction of sp³-hybridized carbons (Fsp3) is 0.0833. The van der Waals surface area contributed by atoms with Crippen molar-refractivity contribution in [2.24, 2.45) is 0 Å². The quantitative estimate of drug-likeness (QED) is 0.926. The Hall–Kier alpha value is -1.75. The number of rotatable bonds is 2. The molecule has 0 aliphatic carbocycles. The summed E-state index contributed by atoms with van der Waals surface area (Å²) >= 11 is 3.29. The Morgan fingerprint density at radius 2 is 1.94 bits per heavy atom. The Bertz CT molecular complexity index is 557. The van der Waals surface area contributed by atoms with Crippen LogP contribution in [0.4, 0.5) is 5.82 Å². The van der Waals surface area contributed by atoms with Crippen molar-refractivity contribution in [2.75, 3.05) is 5.32 Å². The van der Waals surface area contributed by atoms with E-state index in [1.807, 2.05) is 19.1 Å². The Morgan fingerprint density at radius 1 is 1.24 bits per heavy atom. The van der Waals surface area contributed by atoms with E-state index in [4.69, 9.17) is 0 Å². The Kier molecular flexibility index (Phi) is 3.49. The van der Waals surface area contributed by atoms with Crippen molar-refractivity contribution < 1.29 is 4.79 Å². The van der Waals surface area contributed by atoms with Crippen LogP contribution in [0.3, 0.4) is 0 Å². The standard InChI is InChI=1S/C12H10BrN3O/c1-8-4-2-7-15-11(8)16-12(17)10-9(13)5-3-6-14-10/h2-7H,1H3,(H,15,16,17). The number of halogens is 1. The molecule has 1 amide bonds. The van der Waals surface area contributed by atoms with Gasteiger partial charge < -0.3 is 5.32 Å². The number of carbonyl (C=O) groups is 1.